The highest BCUT2D eigenvalue weighted by Crippen LogP contribution is 1.97. The summed E-state index contributed by atoms with van der Waals surface area (Å²) in [7, 11) is 1.24. The lowest BCUT2D eigenvalue weighted by molar-refractivity contribution is -0.134. The maximum absolute atomic E-state index is 10.7. The number of nitrogens with zero attached hydrogens (tertiary/aromatic N) is 2. The molecule has 6 heteroatoms. The van der Waals surface area contributed by atoms with E-state index in [0.29, 0.717) is 0 Å². The molecule has 78 valence electrons. The van der Waals surface area contributed by atoms with Crippen LogP contribution in [0.5, 0.6) is 0 Å². The van der Waals surface area contributed by atoms with Crippen molar-refractivity contribution in [2.75, 3.05) is 13.7 Å². The van der Waals surface area contributed by atoms with Crippen molar-refractivity contribution in [2.24, 2.45) is 10.2 Å². The molecule has 0 unspecified atom stereocenters. The molecule has 0 aromatic carbocycles. The Labute approximate surface area is 81.6 Å². The van der Waals surface area contributed by atoms with E-state index in [-0.39, 0.29) is 12.3 Å². The van der Waals surface area contributed by atoms with Gasteiger partial charge in [-0.1, -0.05) is 5.11 Å². The van der Waals surface area contributed by atoms with Gasteiger partial charge in [-0.25, -0.2) is 9.59 Å². The monoisotopic (exact) mass is 200 g/mol. The SMILES string of the molecule is CCOC(=O)N=N/C(C)=C/C(=O)OC. The highest BCUT2D eigenvalue weighted by Gasteiger charge is 1.98. The van der Waals surface area contributed by atoms with E-state index in [9.17, 15) is 9.59 Å². The van der Waals surface area contributed by atoms with Gasteiger partial charge < -0.3 is 9.47 Å². The van der Waals surface area contributed by atoms with E-state index in [0.717, 1.165) is 6.08 Å². The van der Waals surface area contributed by atoms with Crippen LogP contribution in [-0.2, 0) is 14.3 Å². The van der Waals surface area contributed by atoms with Crippen molar-refractivity contribution < 1.29 is 19.1 Å². The summed E-state index contributed by atoms with van der Waals surface area (Å²) in [6.45, 7) is 3.40. The molecule has 0 aromatic rings. The van der Waals surface area contributed by atoms with Crippen LogP contribution in [0.2, 0.25) is 0 Å². The Morgan fingerprint density at radius 2 is 2.00 bits per heavy atom. The lowest BCUT2D eigenvalue weighted by Crippen LogP contribution is -1.97. The van der Waals surface area contributed by atoms with Crippen molar-refractivity contribution in [2.45, 2.75) is 13.8 Å². The Morgan fingerprint density at radius 1 is 1.36 bits per heavy atom. The van der Waals surface area contributed by atoms with Crippen LogP contribution in [0.4, 0.5) is 4.79 Å². The molecular formula is C8H12N2O4. The lowest BCUT2D eigenvalue weighted by atomic mass is 10.4. The summed E-state index contributed by atoms with van der Waals surface area (Å²) in [6, 6.07) is 0. The second-order valence-corrected chi connectivity index (χ2v) is 2.21. The average Bonchev–Trinajstić information content (AvgIpc) is 2.15. The van der Waals surface area contributed by atoms with Gasteiger partial charge >= 0.3 is 12.1 Å². The third-order valence-electron chi connectivity index (χ3n) is 1.09. The molecule has 0 bridgehead atoms. The molecule has 0 saturated carbocycles. The molecule has 0 spiro atoms. The largest absolute Gasteiger partial charge is 0.466 e. The number of hydrogen-bond acceptors (Lipinski definition) is 5. The fourth-order valence-electron chi connectivity index (χ4n) is 0.530. The molecule has 0 aliphatic heterocycles. The van der Waals surface area contributed by atoms with Crippen LogP contribution in [0.1, 0.15) is 13.8 Å². The van der Waals surface area contributed by atoms with Gasteiger partial charge in [-0.15, -0.1) is 5.11 Å². The number of hydrogen-bond donors (Lipinski definition) is 0. The predicted molar refractivity (Wildman–Crippen MR) is 47.7 cm³/mol. The van der Waals surface area contributed by atoms with Crippen LogP contribution in [0.15, 0.2) is 22.0 Å². The molecule has 1 amide bonds. The molecule has 6 nitrogen and oxygen atoms in total. The van der Waals surface area contributed by atoms with Gasteiger partial charge in [0.25, 0.3) is 0 Å². The maximum Gasteiger partial charge on any atom is 0.452 e. The molecule has 0 atom stereocenters. The fourth-order valence-corrected chi connectivity index (χ4v) is 0.530. The van der Waals surface area contributed by atoms with Crippen LogP contribution in [0.25, 0.3) is 0 Å². The van der Waals surface area contributed by atoms with Gasteiger partial charge in [0.1, 0.15) is 0 Å². The van der Waals surface area contributed by atoms with Crippen LogP contribution < -0.4 is 0 Å². The number of azo groups is 1. The van der Waals surface area contributed by atoms with Crippen molar-refractivity contribution in [1.29, 1.82) is 0 Å². The summed E-state index contributed by atoms with van der Waals surface area (Å²) >= 11 is 0. The predicted octanol–water partition coefficient (Wildman–Crippen LogP) is 1.67. The topological polar surface area (TPSA) is 77.3 Å². The van der Waals surface area contributed by atoms with Crippen molar-refractivity contribution in [3.05, 3.63) is 11.8 Å². The van der Waals surface area contributed by atoms with E-state index in [1.165, 1.54) is 14.0 Å². The minimum absolute atomic E-state index is 0.234. The zero-order valence-corrected chi connectivity index (χ0v) is 8.31. The molecule has 0 aliphatic rings. The number of ether oxygens (including phenoxy) is 2. The second-order valence-electron chi connectivity index (χ2n) is 2.21. The zero-order valence-electron chi connectivity index (χ0n) is 8.31. The number of carbonyl (C=O) groups excluding carboxylic acids is 2. The summed E-state index contributed by atoms with van der Waals surface area (Å²) in [5.41, 5.74) is 0.268. The summed E-state index contributed by atoms with van der Waals surface area (Å²) in [4.78, 5) is 21.4. The standard InChI is InChI=1S/C8H12N2O4/c1-4-14-8(12)10-9-6(2)5-7(11)13-3/h5H,4H2,1-3H3/b6-5+,10-9?. The molecule has 14 heavy (non-hydrogen) atoms. The first kappa shape index (κ1) is 12.3. The first-order chi connectivity index (χ1) is 6.60. The first-order valence-corrected chi connectivity index (χ1v) is 3.95. The number of esters is 1. The summed E-state index contributed by atoms with van der Waals surface area (Å²) < 4.78 is 8.82. The third-order valence-corrected chi connectivity index (χ3v) is 1.09. The lowest BCUT2D eigenvalue weighted by Gasteiger charge is -1.93. The Bertz CT molecular complexity index is 271. The Balaban J connectivity index is 4.16. The van der Waals surface area contributed by atoms with E-state index in [2.05, 4.69) is 19.7 Å². The number of carbonyl (C=O) groups is 2. The Hall–Kier alpha value is -1.72. The highest BCUT2D eigenvalue weighted by molar-refractivity contribution is 5.82. The molecule has 0 aromatic heterocycles. The summed E-state index contributed by atoms with van der Waals surface area (Å²) in [6.07, 6.45) is 0.327. The van der Waals surface area contributed by atoms with Gasteiger partial charge in [0.2, 0.25) is 0 Å². The van der Waals surface area contributed by atoms with Crippen LogP contribution >= 0.6 is 0 Å². The smallest absolute Gasteiger partial charge is 0.452 e. The molecular weight excluding hydrogens is 188 g/mol. The van der Waals surface area contributed by atoms with E-state index < -0.39 is 12.1 Å². The average molecular weight is 200 g/mol. The molecule has 0 radical (unpaired) electrons. The van der Waals surface area contributed by atoms with Crippen LogP contribution in [0, 0.1) is 0 Å². The van der Waals surface area contributed by atoms with Crippen LogP contribution in [-0.4, -0.2) is 25.8 Å². The minimum atomic E-state index is -0.787. The second kappa shape index (κ2) is 6.76. The van der Waals surface area contributed by atoms with E-state index >= 15 is 0 Å². The zero-order chi connectivity index (χ0) is 11.0. The van der Waals surface area contributed by atoms with Gasteiger partial charge in [-0.05, 0) is 13.8 Å². The summed E-state index contributed by atoms with van der Waals surface area (Å²) in [5, 5.41) is 6.63. The first-order valence-electron chi connectivity index (χ1n) is 3.95. The summed E-state index contributed by atoms with van der Waals surface area (Å²) in [5.74, 6) is -0.551. The van der Waals surface area contributed by atoms with Crippen molar-refractivity contribution in [3.63, 3.8) is 0 Å². The van der Waals surface area contributed by atoms with E-state index in [4.69, 9.17) is 0 Å². The normalized spacial score (nSPS) is 11.5. The Kier molecular flexibility index (Phi) is 5.93. The van der Waals surface area contributed by atoms with E-state index in [1.54, 1.807) is 6.92 Å². The molecule has 0 heterocycles. The van der Waals surface area contributed by atoms with Crippen LogP contribution in [0.3, 0.4) is 0 Å². The number of allylic oxidation sites excluding steroid dienone is 1. The quantitative estimate of drug-likeness (QED) is 0.394. The van der Waals surface area contributed by atoms with Gasteiger partial charge in [-0.2, -0.15) is 0 Å². The van der Waals surface area contributed by atoms with Gasteiger partial charge in [0, 0.05) is 6.08 Å². The van der Waals surface area contributed by atoms with Crippen molar-refractivity contribution >= 4 is 12.1 Å². The van der Waals surface area contributed by atoms with Gasteiger partial charge in [-0.3, -0.25) is 0 Å². The molecule has 0 aliphatic carbocycles. The number of rotatable bonds is 3. The Morgan fingerprint density at radius 3 is 2.50 bits per heavy atom. The molecule has 0 N–H and O–H groups in total. The highest BCUT2D eigenvalue weighted by atomic mass is 16.5. The minimum Gasteiger partial charge on any atom is -0.466 e. The van der Waals surface area contributed by atoms with Crippen molar-refractivity contribution in [1.82, 2.24) is 0 Å². The molecule has 0 rings (SSSR count). The number of methoxy groups -OCH3 is 1. The fraction of sp³-hybridized carbons (Fsp3) is 0.500. The maximum atomic E-state index is 10.7. The molecule has 0 saturated heterocycles. The van der Waals surface area contributed by atoms with Gasteiger partial charge in [0.05, 0.1) is 19.4 Å². The van der Waals surface area contributed by atoms with Gasteiger partial charge in [0.15, 0.2) is 0 Å². The number of amides is 1. The third kappa shape index (κ3) is 5.87. The van der Waals surface area contributed by atoms with Crippen molar-refractivity contribution in [3.8, 4) is 0 Å². The molecule has 0 fully saturated rings. The van der Waals surface area contributed by atoms with E-state index in [1.807, 2.05) is 0 Å².